The lowest BCUT2D eigenvalue weighted by Gasteiger charge is -2.30. The maximum atomic E-state index is 12.3. The first-order valence-corrected chi connectivity index (χ1v) is 7.40. The number of nitrogens with one attached hydrogen (secondary N) is 1. The third-order valence-corrected chi connectivity index (χ3v) is 3.82. The minimum absolute atomic E-state index is 0.131. The first-order chi connectivity index (χ1) is 12.0. The van der Waals surface area contributed by atoms with Crippen LogP contribution in [0.4, 0.5) is 5.69 Å². The molecule has 0 atom stereocenters. The van der Waals surface area contributed by atoms with Gasteiger partial charge in [0.25, 0.3) is 11.8 Å². The molecule has 1 aliphatic rings. The van der Waals surface area contributed by atoms with Gasteiger partial charge in [-0.1, -0.05) is 12.1 Å². The molecule has 8 nitrogen and oxygen atoms in total. The van der Waals surface area contributed by atoms with Gasteiger partial charge in [0.05, 0.1) is 12.2 Å². The molecule has 0 aromatic heterocycles. The molecule has 128 valence electrons. The van der Waals surface area contributed by atoms with E-state index in [-0.39, 0.29) is 24.6 Å². The predicted octanol–water partition coefficient (Wildman–Crippen LogP) is 0.830. The predicted molar refractivity (Wildman–Crippen MR) is 87.3 cm³/mol. The lowest BCUT2D eigenvalue weighted by atomic mass is 10.1. The molecule has 2 aromatic carbocycles. The molecular formula is C17H15N3O5. The SMILES string of the molecule is NC(=O)c1cccc(CN2C(=O)COc3ccc(C(=O)NO)cc32)c1. The van der Waals surface area contributed by atoms with E-state index in [0.717, 1.165) is 0 Å². The average Bonchev–Trinajstić information content (AvgIpc) is 2.63. The van der Waals surface area contributed by atoms with Crippen LogP contribution in [0.25, 0.3) is 0 Å². The number of carbonyl (C=O) groups excluding carboxylic acids is 3. The van der Waals surface area contributed by atoms with E-state index in [1.165, 1.54) is 17.0 Å². The van der Waals surface area contributed by atoms with Crippen LogP contribution in [0.3, 0.4) is 0 Å². The summed E-state index contributed by atoms with van der Waals surface area (Å²) in [5, 5.41) is 8.77. The van der Waals surface area contributed by atoms with Crippen molar-refractivity contribution < 1.29 is 24.3 Å². The number of benzene rings is 2. The Morgan fingerprint density at radius 1 is 1.20 bits per heavy atom. The fourth-order valence-electron chi connectivity index (χ4n) is 2.59. The van der Waals surface area contributed by atoms with E-state index >= 15 is 0 Å². The van der Waals surface area contributed by atoms with Crippen molar-refractivity contribution >= 4 is 23.4 Å². The Balaban J connectivity index is 1.97. The Labute approximate surface area is 142 Å². The summed E-state index contributed by atoms with van der Waals surface area (Å²) in [6, 6.07) is 11.1. The molecule has 0 saturated carbocycles. The molecule has 0 spiro atoms. The number of ether oxygens (including phenoxy) is 1. The number of hydrogen-bond donors (Lipinski definition) is 3. The highest BCUT2D eigenvalue weighted by Gasteiger charge is 2.26. The third kappa shape index (κ3) is 3.29. The van der Waals surface area contributed by atoms with Crippen LogP contribution >= 0.6 is 0 Å². The van der Waals surface area contributed by atoms with Gasteiger partial charge in [-0.2, -0.15) is 0 Å². The fraction of sp³-hybridized carbons (Fsp3) is 0.118. The van der Waals surface area contributed by atoms with Crippen LogP contribution < -0.4 is 20.9 Å². The van der Waals surface area contributed by atoms with Gasteiger partial charge in [-0.15, -0.1) is 0 Å². The normalized spacial score (nSPS) is 13.0. The van der Waals surface area contributed by atoms with Crippen molar-refractivity contribution in [3.8, 4) is 5.75 Å². The molecule has 3 amide bonds. The average molecular weight is 341 g/mol. The monoisotopic (exact) mass is 341 g/mol. The maximum Gasteiger partial charge on any atom is 0.274 e. The number of hydroxylamine groups is 1. The van der Waals surface area contributed by atoms with Crippen LogP contribution in [0.1, 0.15) is 26.3 Å². The Kier molecular flexibility index (Phi) is 4.36. The van der Waals surface area contributed by atoms with Gasteiger partial charge in [0.15, 0.2) is 6.61 Å². The van der Waals surface area contributed by atoms with E-state index in [4.69, 9.17) is 15.7 Å². The molecule has 3 rings (SSSR count). The topological polar surface area (TPSA) is 122 Å². The second-order valence-electron chi connectivity index (χ2n) is 5.46. The number of anilines is 1. The van der Waals surface area contributed by atoms with Gasteiger partial charge in [-0.25, -0.2) is 5.48 Å². The van der Waals surface area contributed by atoms with Crippen molar-refractivity contribution in [1.82, 2.24) is 5.48 Å². The highest BCUT2D eigenvalue weighted by Crippen LogP contribution is 2.34. The van der Waals surface area contributed by atoms with Crippen molar-refractivity contribution in [2.24, 2.45) is 5.73 Å². The van der Waals surface area contributed by atoms with Crippen molar-refractivity contribution in [2.45, 2.75) is 6.54 Å². The lowest BCUT2D eigenvalue weighted by molar-refractivity contribution is -0.121. The van der Waals surface area contributed by atoms with Crippen LogP contribution in [0, 0.1) is 0 Å². The second-order valence-corrected chi connectivity index (χ2v) is 5.46. The maximum absolute atomic E-state index is 12.3. The fourth-order valence-corrected chi connectivity index (χ4v) is 2.59. The zero-order chi connectivity index (χ0) is 18.0. The Bertz CT molecular complexity index is 865. The van der Waals surface area contributed by atoms with Crippen molar-refractivity contribution in [3.05, 3.63) is 59.2 Å². The zero-order valence-corrected chi connectivity index (χ0v) is 13.1. The first kappa shape index (κ1) is 16.5. The Morgan fingerprint density at radius 3 is 2.72 bits per heavy atom. The summed E-state index contributed by atoms with van der Waals surface area (Å²) < 4.78 is 5.37. The van der Waals surface area contributed by atoms with E-state index in [2.05, 4.69) is 0 Å². The molecule has 0 bridgehead atoms. The number of rotatable bonds is 4. The summed E-state index contributed by atoms with van der Waals surface area (Å²) in [6.45, 7) is 0.0502. The molecule has 0 unspecified atom stereocenters. The number of nitrogens with zero attached hydrogens (tertiary/aromatic N) is 1. The molecule has 0 saturated heterocycles. The highest BCUT2D eigenvalue weighted by molar-refractivity contribution is 6.01. The van der Waals surface area contributed by atoms with Gasteiger partial charge < -0.3 is 15.4 Å². The summed E-state index contributed by atoms with van der Waals surface area (Å²) >= 11 is 0. The van der Waals surface area contributed by atoms with Crippen molar-refractivity contribution in [1.29, 1.82) is 0 Å². The lowest BCUT2D eigenvalue weighted by Crippen LogP contribution is -2.38. The molecule has 0 fully saturated rings. The summed E-state index contributed by atoms with van der Waals surface area (Å²) in [6.07, 6.45) is 0. The summed E-state index contributed by atoms with van der Waals surface area (Å²) in [4.78, 5) is 36.7. The number of amides is 3. The van der Waals surface area contributed by atoms with Gasteiger partial charge in [0, 0.05) is 11.1 Å². The molecule has 0 aliphatic carbocycles. The van der Waals surface area contributed by atoms with E-state index in [1.54, 1.807) is 35.8 Å². The number of fused-ring (bicyclic) bond motifs is 1. The Morgan fingerprint density at radius 2 is 2.00 bits per heavy atom. The van der Waals surface area contributed by atoms with Gasteiger partial charge in [0.1, 0.15) is 5.75 Å². The molecular weight excluding hydrogens is 326 g/mol. The third-order valence-electron chi connectivity index (χ3n) is 3.82. The Hall–Kier alpha value is -3.39. The number of hydrogen-bond acceptors (Lipinski definition) is 5. The van der Waals surface area contributed by atoms with E-state index in [1.807, 2.05) is 0 Å². The molecule has 8 heteroatoms. The largest absolute Gasteiger partial charge is 0.482 e. The molecule has 4 N–H and O–H groups in total. The zero-order valence-electron chi connectivity index (χ0n) is 13.1. The number of nitrogens with two attached hydrogens (primary N) is 1. The quantitative estimate of drug-likeness (QED) is 0.562. The van der Waals surface area contributed by atoms with Crippen LogP contribution in [0.2, 0.25) is 0 Å². The van der Waals surface area contributed by atoms with Crippen LogP contribution in [-0.4, -0.2) is 29.5 Å². The molecule has 0 radical (unpaired) electrons. The van der Waals surface area contributed by atoms with Gasteiger partial charge in [-0.05, 0) is 35.9 Å². The summed E-state index contributed by atoms with van der Waals surface area (Å²) in [5.41, 5.74) is 8.45. The van der Waals surface area contributed by atoms with Crippen molar-refractivity contribution in [3.63, 3.8) is 0 Å². The minimum Gasteiger partial charge on any atom is -0.482 e. The summed E-state index contributed by atoms with van der Waals surface area (Å²) in [7, 11) is 0. The second kappa shape index (κ2) is 6.62. The van der Waals surface area contributed by atoms with Gasteiger partial charge in [-0.3, -0.25) is 19.6 Å². The number of carbonyl (C=O) groups is 3. The molecule has 25 heavy (non-hydrogen) atoms. The van der Waals surface area contributed by atoms with E-state index in [9.17, 15) is 14.4 Å². The standard InChI is InChI=1S/C17H15N3O5/c18-16(22)11-3-1-2-10(6-11)8-20-13-7-12(17(23)19-24)4-5-14(13)25-9-15(20)21/h1-7,24H,8-9H2,(H2,18,22)(H,19,23). The molecule has 2 aromatic rings. The smallest absolute Gasteiger partial charge is 0.274 e. The molecule has 1 heterocycles. The summed E-state index contributed by atoms with van der Waals surface area (Å²) in [5.74, 6) is -1.10. The van der Waals surface area contributed by atoms with Gasteiger partial charge in [0.2, 0.25) is 5.91 Å². The first-order valence-electron chi connectivity index (χ1n) is 7.40. The minimum atomic E-state index is -0.698. The number of primary amides is 1. The molecule has 1 aliphatic heterocycles. The van der Waals surface area contributed by atoms with Crippen LogP contribution in [-0.2, 0) is 11.3 Å². The van der Waals surface area contributed by atoms with E-state index < -0.39 is 11.8 Å². The van der Waals surface area contributed by atoms with Gasteiger partial charge >= 0.3 is 0 Å². The highest BCUT2D eigenvalue weighted by atomic mass is 16.5. The van der Waals surface area contributed by atoms with E-state index in [0.29, 0.717) is 22.6 Å². The van der Waals surface area contributed by atoms with Crippen LogP contribution in [0.5, 0.6) is 5.75 Å². The van der Waals surface area contributed by atoms with Crippen LogP contribution in [0.15, 0.2) is 42.5 Å². The van der Waals surface area contributed by atoms with Crippen molar-refractivity contribution in [2.75, 3.05) is 11.5 Å².